The van der Waals surface area contributed by atoms with Gasteiger partial charge in [-0.1, -0.05) is 6.07 Å². The van der Waals surface area contributed by atoms with Crippen molar-refractivity contribution in [3.05, 3.63) is 24.3 Å². The Balaban J connectivity index is 1.64. The van der Waals surface area contributed by atoms with Crippen LogP contribution in [0.1, 0.15) is 26.2 Å². The largest absolute Gasteiger partial charge is 0.481 e. The molecule has 1 aromatic carbocycles. The van der Waals surface area contributed by atoms with E-state index >= 15 is 0 Å². The molecule has 2 amide bonds. The van der Waals surface area contributed by atoms with Crippen molar-refractivity contribution in [1.82, 2.24) is 4.90 Å². The number of amides is 2. The molecule has 0 spiro atoms. The van der Waals surface area contributed by atoms with Crippen LogP contribution in [-0.4, -0.2) is 48.2 Å². The van der Waals surface area contributed by atoms with E-state index in [1.165, 1.54) is 12.8 Å². The first-order valence-electron chi connectivity index (χ1n) is 8.12. The molecule has 0 saturated carbocycles. The smallest absolute Gasteiger partial charge is 0.321 e. The Bertz CT molecular complexity index is 613. The van der Waals surface area contributed by atoms with Crippen LogP contribution >= 0.6 is 0 Å². The van der Waals surface area contributed by atoms with Crippen LogP contribution in [0.15, 0.2) is 24.3 Å². The zero-order valence-corrected chi connectivity index (χ0v) is 13.4. The van der Waals surface area contributed by atoms with Gasteiger partial charge >= 0.3 is 12.0 Å². The molecule has 2 fully saturated rings. The SMILES string of the molecule is CC1(C(=O)O)CCN(C(=O)Nc2cccc(N3CCCC3)c2)C1. The number of carbonyl (C=O) groups excluding carboxylic acids is 1. The standard InChI is InChI=1S/C17H23N3O3/c1-17(15(21)22)7-10-20(12-17)16(23)18-13-5-4-6-14(11-13)19-8-2-3-9-19/h4-6,11H,2-3,7-10,12H2,1H3,(H,18,23)(H,21,22). The van der Waals surface area contributed by atoms with Crippen LogP contribution in [0.5, 0.6) is 0 Å². The fourth-order valence-corrected chi connectivity index (χ4v) is 3.27. The third kappa shape index (κ3) is 3.25. The van der Waals surface area contributed by atoms with Crippen molar-refractivity contribution in [3.63, 3.8) is 0 Å². The second kappa shape index (κ2) is 6.10. The van der Waals surface area contributed by atoms with Gasteiger partial charge in [0.1, 0.15) is 0 Å². The summed E-state index contributed by atoms with van der Waals surface area (Å²) in [7, 11) is 0. The van der Waals surface area contributed by atoms with Crippen LogP contribution in [-0.2, 0) is 4.79 Å². The van der Waals surface area contributed by atoms with Crippen LogP contribution in [0, 0.1) is 5.41 Å². The van der Waals surface area contributed by atoms with E-state index in [1.807, 2.05) is 18.2 Å². The Morgan fingerprint density at radius 2 is 1.96 bits per heavy atom. The zero-order chi connectivity index (χ0) is 16.4. The van der Waals surface area contributed by atoms with Crippen LogP contribution in [0.3, 0.4) is 0 Å². The lowest BCUT2D eigenvalue weighted by molar-refractivity contribution is -0.146. The van der Waals surface area contributed by atoms with Gasteiger partial charge in [0.25, 0.3) is 0 Å². The maximum Gasteiger partial charge on any atom is 0.321 e. The predicted octanol–water partition coefficient (Wildman–Crippen LogP) is 2.62. The molecule has 0 aromatic heterocycles. The third-order valence-corrected chi connectivity index (χ3v) is 4.85. The lowest BCUT2D eigenvalue weighted by Crippen LogP contribution is -2.37. The van der Waals surface area contributed by atoms with Crippen molar-refractivity contribution in [2.24, 2.45) is 5.41 Å². The molecule has 0 aliphatic carbocycles. The molecule has 2 N–H and O–H groups in total. The van der Waals surface area contributed by atoms with E-state index in [1.54, 1.807) is 11.8 Å². The Labute approximate surface area is 136 Å². The van der Waals surface area contributed by atoms with Gasteiger partial charge in [-0.15, -0.1) is 0 Å². The summed E-state index contributed by atoms with van der Waals surface area (Å²) in [5, 5.41) is 12.1. The molecule has 3 rings (SSSR count). The Hall–Kier alpha value is -2.24. The van der Waals surface area contributed by atoms with Crippen molar-refractivity contribution in [2.45, 2.75) is 26.2 Å². The third-order valence-electron chi connectivity index (χ3n) is 4.85. The number of benzene rings is 1. The molecule has 0 radical (unpaired) electrons. The molecule has 124 valence electrons. The number of hydrogen-bond acceptors (Lipinski definition) is 3. The number of carbonyl (C=O) groups is 2. The van der Waals surface area contributed by atoms with Gasteiger partial charge in [0.05, 0.1) is 5.41 Å². The normalized spacial score (nSPS) is 24.0. The van der Waals surface area contributed by atoms with E-state index in [2.05, 4.69) is 16.3 Å². The minimum atomic E-state index is -0.844. The Morgan fingerprint density at radius 1 is 1.22 bits per heavy atom. The summed E-state index contributed by atoms with van der Waals surface area (Å²) in [6.07, 6.45) is 2.90. The Kier molecular flexibility index (Phi) is 4.15. The first-order chi connectivity index (χ1) is 11.0. The summed E-state index contributed by atoms with van der Waals surface area (Å²) in [5.74, 6) is -0.844. The minimum absolute atomic E-state index is 0.228. The van der Waals surface area contributed by atoms with E-state index in [-0.39, 0.29) is 12.6 Å². The summed E-state index contributed by atoms with van der Waals surface area (Å²) in [6, 6.07) is 7.61. The first-order valence-corrected chi connectivity index (χ1v) is 8.12. The van der Waals surface area contributed by atoms with E-state index in [9.17, 15) is 14.7 Å². The molecule has 2 saturated heterocycles. The number of rotatable bonds is 3. The average molecular weight is 317 g/mol. The van der Waals surface area contributed by atoms with E-state index in [0.29, 0.717) is 13.0 Å². The molecule has 2 heterocycles. The summed E-state index contributed by atoms with van der Waals surface area (Å²) in [5.41, 5.74) is 1.04. The number of aliphatic carboxylic acids is 1. The molecule has 2 aliphatic heterocycles. The second-order valence-electron chi connectivity index (χ2n) is 6.71. The number of nitrogens with one attached hydrogen (secondary N) is 1. The molecule has 0 bridgehead atoms. The highest BCUT2D eigenvalue weighted by molar-refractivity contribution is 5.91. The highest BCUT2D eigenvalue weighted by atomic mass is 16.4. The van der Waals surface area contributed by atoms with Gasteiger partial charge in [-0.25, -0.2) is 4.79 Å². The molecule has 2 aliphatic rings. The summed E-state index contributed by atoms with van der Waals surface area (Å²) >= 11 is 0. The maximum absolute atomic E-state index is 12.4. The van der Waals surface area contributed by atoms with E-state index in [0.717, 1.165) is 24.5 Å². The van der Waals surface area contributed by atoms with Gasteiger partial charge in [-0.3, -0.25) is 4.79 Å². The quantitative estimate of drug-likeness (QED) is 0.899. The van der Waals surface area contributed by atoms with Gasteiger partial charge in [0.2, 0.25) is 0 Å². The van der Waals surface area contributed by atoms with E-state index in [4.69, 9.17) is 0 Å². The van der Waals surface area contributed by atoms with Crippen LogP contribution in [0.4, 0.5) is 16.2 Å². The molecular formula is C17H23N3O3. The van der Waals surface area contributed by atoms with Crippen molar-refractivity contribution >= 4 is 23.4 Å². The van der Waals surface area contributed by atoms with Gasteiger partial charge in [0, 0.05) is 37.6 Å². The van der Waals surface area contributed by atoms with Gasteiger partial charge in [0.15, 0.2) is 0 Å². The maximum atomic E-state index is 12.4. The highest BCUT2D eigenvalue weighted by Crippen LogP contribution is 2.30. The molecule has 1 unspecified atom stereocenters. The number of likely N-dealkylation sites (tertiary alicyclic amines) is 1. The number of carboxylic acid groups (broad SMARTS) is 1. The average Bonchev–Trinajstić information content (AvgIpc) is 3.17. The fraction of sp³-hybridized carbons (Fsp3) is 0.529. The predicted molar refractivity (Wildman–Crippen MR) is 88.8 cm³/mol. The second-order valence-corrected chi connectivity index (χ2v) is 6.71. The molecular weight excluding hydrogens is 294 g/mol. The number of anilines is 2. The molecule has 1 aromatic rings. The summed E-state index contributed by atoms with van der Waals surface area (Å²) < 4.78 is 0. The minimum Gasteiger partial charge on any atom is -0.481 e. The van der Waals surface area contributed by atoms with Gasteiger partial charge in [-0.05, 0) is 44.4 Å². The monoisotopic (exact) mass is 317 g/mol. The lowest BCUT2D eigenvalue weighted by Gasteiger charge is -2.22. The fourth-order valence-electron chi connectivity index (χ4n) is 3.27. The molecule has 6 heteroatoms. The van der Waals surface area contributed by atoms with E-state index < -0.39 is 11.4 Å². The van der Waals surface area contributed by atoms with Crippen molar-refractivity contribution in [3.8, 4) is 0 Å². The highest BCUT2D eigenvalue weighted by Gasteiger charge is 2.42. The summed E-state index contributed by atoms with van der Waals surface area (Å²) in [6.45, 7) is 4.53. The number of urea groups is 1. The summed E-state index contributed by atoms with van der Waals surface area (Å²) in [4.78, 5) is 27.5. The van der Waals surface area contributed by atoms with Crippen molar-refractivity contribution in [1.29, 1.82) is 0 Å². The number of hydrogen-bond donors (Lipinski definition) is 2. The zero-order valence-electron chi connectivity index (χ0n) is 13.4. The first kappa shape index (κ1) is 15.6. The van der Waals surface area contributed by atoms with Crippen LogP contribution in [0.25, 0.3) is 0 Å². The topological polar surface area (TPSA) is 72.9 Å². The van der Waals surface area contributed by atoms with Gasteiger partial charge < -0.3 is 20.2 Å². The molecule has 1 atom stereocenters. The Morgan fingerprint density at radius 3 is 2.61 bits per heavy atom. The molecule has 23 heavy (non-hydrogen) atoms. The number of nitrogens with zero attached hydrogens (tertiary/aromatic N) is 2. The number of carboxylic acids is 1. The lowest BCUT2D eigenvalue weighted by atomic mass is 9.90. The van der Waals surface area contributed by atoms with Gasteiger partial charge in [-0.2, -0.15) is 0 Å². The molecule has 6 nitrogen and oxygen atoms in total. The van der Waals surface area contributed by atoms with Crippen LogP contribution in [0.2, 0.25) is 0 Å². The van der Waals surface area contributed by atoms with Crippen molar-refractivity contribution in [2.75, 3.05) is 36.4 Å². The van der Waals surface area contributed by atoms with Crippen molar-refractivity contribution < 1.29 is 14.7 Å². The van der Waals surface area contributed by atoms with Crippen LogP contribution < -0.4 is 10.2 Å².